The zero-order valence-corrected chi connectivity index (χ0v) is 11.9. The predicted molar refractivity (Wildman–Crippen MR) is 80.6 cm³/mol. The maximum Gasteiger partial charge on any atom is 0.296 e. The number of phenols is 1. The maximum absolute atomic E-state index is 11.1. The van der Waals surface area contributed by atoms with E-state index in [1.165, 1.54) is 12.1 Å². The fraction of sp³-hybridized carbons (Fsp3) is 0. The van der Waals surface area contributed by atoms with Gasteiger partial charge in [-0.05, 0) is 18.2 Å². The molecule has 124 valence electrons. The molecule has 2 rings (SSSR count). The van der Waals surface area contributed by atoms with E-state index in [4.69, 9.17) is 32.2 Å². The van der Waals surface area contributed by atoms with Crippen LogP contribution < -0.4 is 29.0 Å². The van der Waals surface area contributed by atoms with Crippen LogP contribution in [-0.2, 0) is 10.1 Å². The monoisotopic (exact) mass is 335 g/mol. The van der Waals surface area contributed by atoms with Gasteiger partial charge in [0.1, 0.15) is 10.6 Å². The highest BCUT2D eigenvalue weighted by Gasteiger charge is 2.20. The number of benzene rings is 2. The summed E-state index contributed by atoms with van der Waals surface area (Å²) in [7, 11) is -4.56. The largest absolute Gasteiger partial charge is 0.505 e. The third-order valence-corrected chi connectivity index (χ3v) is 3.54. The van der Waals surface area contributed by atoms with Gasteiger partial charge in [-0.25, -0.2) is 11.8 Å². The highest BCUT2D eigenvalue weighted by Crippen LogP contribution is 2.39. The van der Waals surface area contributed by atoms with E-state index in [0.717, 1.165) is 6.07 Å². The lowest BCUT2D eigenvalue weighted by Crippen LogP contribution is -2.05. The lowest BCUT2D eigenvalue weighted by molar-refractivity contribution is 0.311. The summed E-state index contributed by atoms with van der Waals surface area (Å²) in [5.74, 6) is 6.53. The van der Waals surface area contributed by atoms with Crippen LogP contribution in [0.5, 0.6) is 5.75 Å². The Bertz CT molecular complexity index is 764. The van der Waals surface area contributed by atoms with E-state index in [0.29, 0.717) is 0 Å². The van der Waals surface area contributed by atoms with Gasteiger partial charge in [0, 0.05) is 10.8 Å². The highest BCUT2D eigenvalue weighted by atomic mass is 32.2. The number of nitrogen functional groups attached to an aromatic ring is 3. The molecule has 2 aromatic carbocycles. The Morgan fingerprint density at radius 1 is 0.864 bits per heavy atom. The second kappa shape index (κ2) is 7.60. The van der Waals surface area contributed by atoms with Crippen LogP contribution >= 0.6 is 0 Å². The molecule has 0 aromatic heterocycles. The normalized spacial score (nSPS) is 10.2. The minimum Gasteiger partial charge on any atom is -0.505 e. The number of phenolic OH excluding ortho intramolecular Hbond substituents is 1. The van der Waals surface area contributed by atoms with Crippen molar-refractivity contribution in [2.45, 2.75) is 4.90 Å². The van der Waals surface area contributed by atoms with Crippen LogP contribution in [0, 0.1) is 0 Å². The molecular formula is C10H17N5O6S. The molecule has 0 heterocycles. The van der Waals surface area contributed by atoms with E-state index in [2.05, 4.69) is 11.8 Å². The maximum atomic E-state index is 11.1. The third kappa shape index (κ3) is 3.64. The van der Waals surface area contributed by atoms with Gasteiger partial charge in [0.05, 0.1) is 17.1 Å². The van der Waals surface area contributed by atoms with Gasteiger partial charge in [-0.1, -0.05) is 0 Å². The average molecular weight is 335 g/mol. The van der Waals surface area contributed by atoms with Crippen LogP contribution in [0.4, 0.5) is 17.1 Å². The number of aromatic hydroxyl groups is 1. The summed E-state index contributed by atoms with van der Waals surface area (Å²) in [5, 5.41) is 23.3. The van der Waals surface area contributed by atoms with Gasteiger partial charge in [-0.3, -0.25) is 4.55 Å². The molecule has 0 radical (unpaired) electrons. The quantitative estimate of drug-likeness (QED) is 0.135. The summed E-state index contributed by atoms with van der Waals surface area (Å²) in [4.78, 5) is -0.607. The Balaban J connectivity index is 0.00000102. The Kier molecular flexibility index (Phi) is 6.79. The van der Waals surface area contributed by atoms with Gasteiger partial charge in [0.15, 0.2) is 0 Å². The molecule has 11 nitrogen and oxygen atoms in total. The molecular weight excluding hydrogens is 318 g/mol. The van der Waals surface area contributed by atoms with Crippen molar-refractivity contribution in [2.24, 2.45) is 11.8 Å². The average Bonchev–Trinajstić information content (AvgIpc) is 2.49. The summed E-state index contributed by atoms with van der Waals surface area (Å²) in [6.45, 7) is 0. The van der Waals surface area contributed by atoms with Crippen molar-refractivity contribution < 1.29 is 28.5 Å². The van der Waals surface area contributed by atoms with Gasteiger partial charge < -0.3 is 32.7 Å². The number of fused-ring (bicyclic) bond motifs is 1. The summed E-state index contributed by atoms with van der Waals surface area (Å²) < 4.78 is 31.3. The van der Waals surface area contributed by atoms with Gasteiger partial charge in [0.2, 0.25) is 0 Å². The molecule has 0 amide bonds. The van der Waals surface area contributed by atoms with Crippen molar-refractivity contribution in [3.05, 3.63) is 18.2 Å². The second-order valence-corrected chi connectivity index (χ2v) is 5.17. The van der Waals surface area contributed by atoms with E-state index < -0.39 is 26.5 Å². The third-order valence-electron chi connectivity index (χ3n) is 2.65. The first kappa shape index (κ1) is 19.7. The number of hydrogen-bond donors (Lipinski definition) is 9. The zero-order chi connectivity index (χ0) is 17.7. The van der Waals surface area contributed by atoms with Crippen LogP contribution in [-0.4, -0.2) is 28.5 Å². The first-order valence-corrected chi connectivity index (χ1v) is 6.75. The molecule has 0 aliphatic rings. The molecule has 0 unspecified atom stereocenters. The topological polar surface area (TPSA) is 245 Å². The Morgan fingerprint density at radius 3 is 1.82 bits per heavy atom. The molecule has 0 aliphatic heterocycles. The number of anilines is 3. The van der Waals surface area contributed by atoms with Crippen LogP contribution in [0.1, 0.15) is 0 Å². The molecule has 0 spiro atoms. The van der Waals surface area contributed by atoms with Gasteiger partial charge >= 0.3 is 0 Å². The minimum atomic E-state index is -4.56. The number of nitrogens with two attached hydrogens (primary N) is 5. The first-order valence-electron chi connectivity index (χ1n) is 5.31. The lowest BCUT2D eigenvalue weighted by Gasteiger charge is -2.11. The Morgan fingerprint density at radius 2 is 1.36 bits per heavy atom. The molecule has 22 heavy (non-hydrogen) atoms. The van der Waals surface area contributed by atoms with E-state index in [-0.39, 0.29) is 22.1 Å². The smallest absolute Gasteiger partial charge is 0.296 e. The van der Waals surface area contributed by atoms with Crippen molar-refractivity contribution >= 4 is 38.0 Å². The van der Waals surface area contributed by atoms with Crippen LogP contribution in [0.25, 0.3) is 10.8 Å². The Hall–Kier alpha value is -2.35. The molecule has 0 fully saturated rings. The van der Waals surface area contributed by atoms with Gasteiger partial charge in [-0.2, -0.15) is 8.42 Å². The molecule has 0 bridgehead atoms. The van der Waals surface area contributed by atoms with Crippen molar-refractivity contribution in [1.82, 2.24) is 0 Å². The van der Waals surface area contributed by atoms with E-state index in [9.17, 15) is 13.5 Å². The van der Waals surface area contributed by atoms with Gasteiger partial charge in [-0.15, -0.1) is 0 Å². The van der Waals surface area contributed by atoms with E-state index in [1.54, 1.807) is 0 Å². The van der Waals surface area contributed by atoms with Crippen molar-refractivity contribution in [3.63, 3.8) is 0 Å². The van der Waals surface area contributed by atoms with Crippen molar-refractivity contribution in [2.75, 3.05) is 17.2 Å². The number of hydrogen-bond acceptors (Lipinski definition) is 10. The zero-order valence-electron chi connectivity index (χ0n) is 11.1. The standard InChI is InChI=1S/C10H11N3O4S.2H3NO/c11-6-2-1-4-5(8(6)12)3-7(18(15,16)17)9(13)10(4)14;2*1-2/h1-3,14H,11-13H2,(H,15,16,17);2*2H,1H2. The molecule has 0 saturated carbocycles. The Labute approximate surface area is 125 Å². The summed E-state index contributed by atoms with van der Waals surface area (Å²) >= 11 is 0. The molecule has 12 heteroatoms. The predicted octanol–water partition coefficient (Wildman–Crippen LogP) is -0.793. The van der Waals surface area contributed by atoms with Gasteiger partial charge in [0.25, 0.3) is 10.1 Å². The van der Waals surface area contributed by atoms with Crippen LogP contribution in [0.3, 0.4) is 0 Å². The SMILES string of the molecule is NO.NO.Nc1ccc2c(O)c(N)c(S(=O)(=O)O)cc2c1N. The van der Waals surface area contributed by atoms with E-state index in [1.807, 2.05) is 0 Å². The number of rotatable bonds is 1. The lowest BCUT2D eigenvalue weighted by atomic mass is 10.1. The van der Waals surface area contributed by atoms with Crippen LogP contribution in [0.15, 0.2) is 23.1 Å². The molecule has 14 N–H and O–H groups in total. The van der Waals surface area contributed by atoms with E-state index >= 15 is 0 Å². The molecule has 0 atom stereocenters. The summed E-state index contributed by atoms with van der Waals surface area (Å²) in [6, 6.07) is 4.00. The fourth-order valence-electron chi connectivity index (χ4n) is 1.70. The van der Waals surface area contributed by atoms with Crippen LogP contribution in [0.2, 0.25) is 0 Å². The first-order chi connectivity index (χ1) is 10.2. The summed E-state index contributed by atoms with van der Waals surface area (Å²) in [6.07, 6.45) is 0. The highest BCUT2D eigenvalue weighted by molar-refractivity contribution is 7.86. The molecule has 0 saturated heterocycles. The molecule has 2 aromatic rings. The van der Waals surface area contributed by atoms with Crippen molar-refractivity contribution in [3.8, 4) is 5.75 Å². The second-order valence-electron chi connectivity index (χ2n) is 3.78. The summed E-state index contributed by atoms with van der Waals surface area (Å²) in [5.41, 5.74) is 16.6. The molecule has 0 aliphatic carbocycles. The van der Waals surface area contributed by atoms with Crippen molar-refractivity contribution in [1.29, 1.82) is 0 Å². The minimum absolute atomic E-state index is 0.104. The fourth-order valence-corrected chi connectivity index (χ4v) is 2.34.